The Morgan fingerprint density at radius 3 is 2.74 bits per heavy atom. The van der Waals surface area contributed by atoms with Gasteiger partial charge in [-0.3, -0.25) is 9.69 Å². The van der Waals surface area contributed by atoms with Crippen LogP contribution in [0.15, 0.2) is 24.3 Å². The summed E-state index contributed by atoms with van der Waals surface area (Å²) in [6.45, 7) is 0.497. The minimum atomic E-state index is -0.902. The summed E-state index contributed by atoms with van der Waals surface area (Å²) in [6.07, 6.45) is -0.122. The van der Waals surface area contributed by atoms with E-state index in [0.29, 0.717) is 13.0 Å². The molecule has 1 saturated heterocycles. The highest BCUT2D eigenvalue weighted by Gasteiger charge is 2.32. The average molecular weight is 267 g/mol. The number of hydrogen-bond acceptors (Lipinski definition) is 3. The Morgan fingerprint density at radius 2 is 2.11 bits per heavy atom. The Kier molecular flexibility index (Phi) is 3.99. The van der Waals surface area contributed by atoms with Crippen molar-refractivity contribution in [3.63, 3.8) is 0 Å². The van der Waals surface area contributed by atoms with Crippen molar-refractivity contribution in [1.82, 2.24) is 4.90 Å². The molecule has 1 unspecified atom stereocenters. The van der Waals surface area contributed by atoms with Gasteiger partial charge < -0.3 is 9.84 Å². The summed E-state index contributed by atoms with van der Waals surface area (Å²) >= 11 is 0. The zero-order valence-corrected chi connectivity index (χ0v) is 10.2. The van der Waals surface area contributed by atoms with Crippen molar-refractivity contribution in [3.8, 4) is 0 Å². The number of rotatable bonds is 5. The van der Waals surface area contributed by atoms with E-state index < -0.39 is 12.1 Å². The first-order valence-corrected chi connectivity index (χ1v) is 5.96. The van der Waals surface area contributed by atoms with Crippen molar-refractivity contribution in [3.05, 3.63) is 35.6 Å². The fourth-order valence-electron chi connectivity index (χ4n) is 2.00. The van der Waals surface area contributed by atoms with Gasteiger partial charge in [-0.2, -0.15) is 0 Å². The summed E-state index contributed by atoms with van der Waals surface area (Å²) in [4.78, 5) is 23.6. The number of benzene rings is 1. The Hall–Kier alpha value is -2.11. The van der Waals surface area contributed by atoms with E-state index in [-0.39, 0.29) is 24.9 Å². The number of ether oxygens (including phenoxy) is 1. The molecule has 102 valence electrons. The van der Waals surface area contributed by atoms with Crippen molar-refractivity contribution < 1.29 is 23.8 Å². The number of nitrogens with zero attached hydrogens (tertiary/aromatic N) is 1. The average Bonchev–Trinajstić information content (AvgIpc) is 2.71. The van der Waals surface area contributed by atoms with Crippen molar-refractivity contribution in [1.29, 1.82) is 0 Å². The largest absolute Gasteiger partial charge is 0.481 e. The van der Waals surface area contributed by atoms with Gasteiger partial charge in [0.1, 0.15) is 12.4 Å². The lowest BCUT2D eigenvalue weighted by molar-refractivity contribution is -0.137. The zero-order chi connectivity index (χ0) is 13.8. The lowest BCUT2D eigenvalue weighted by atomic mass is 10.1. The molecule has 1 atom stereocenters. The molecule has 1 N–H and O–H groups in total. The zero-order valence-electron chi connectivity index (χ0n) is 10.2. The lowest BCUT2D eigenvalue weighted by Crippen LogP contribution is -2.33. The second-order valence-corrected chi connectivity index (χ2v) is 4.42. The quantitative estimate of drug-likeness (QED) is 0.886. The van der Waals surface area contributed by atoms with Crippen LogP contribution in [0.1, 0.15) is 18.4 Å². The van der Waals surface area contributed by atoms with Gasteiger partial charge >= 0.3 is 12.1 Å². The summed E-state index contributed by atoms with van der Waals surface area (Å²) in [6, 6.07) is 5.59. The predicted molar refractivity (Wildman–Crippen MR) is 63.9 cm³/mol. The van der Waals surface area contributed by atoms with Gasteiger partial charge in [-0.05, 0) is 24.1 Å². The number of halogens is 1. The number of aliphatic carboxylic acids is 1. The maximum Gasteiger partial charge on any atom is 0.410 e. The van der Waals surface area contributed by atoms with Gasteiger partial charge in [0.05, 0.1) is 6.04 Å². The van der Waals surface area contributed by atoms with Gasteiger partial charge in [-0.15, -0.1) is 0 Å². The van der Waals surface area contributed by atoms with E-state index in [2.05, 4.69) is 0 Å². The molecule has 0 radical (unpaired) electrons. The van der Waals surface area contributed by atoms with Crippen LogP contribution in [0.25, 0.3) is 0 Å². The Balaban J connectivity index is 2.01. The Bertz CT molecular complexity index is 474. The predicted octanol–water partition coefficient (Wildman–Crippen LogP) is 2.01. The van der Waals surface area contributed by atoms with Crippen LogP contribution in [0.5, 0.6) is 0 Å². The van der Waals surface area contributed by atoms with Gasteiger partial charge in [0.25, 0.3) is 0 Å². The highest BCUT2D eigenvalue weighted by atomic mass is 19.1. The molecular formula is C13H14FNO4. The smallest absolute Gasteiger partial charge is 0.410 e. The Morgan fingerprint density at radius 1 is 1.42 bits per heavy atom. The molecular weight excluding hydrogens is 253 g/mol. The summed E-state index contributed by atoms with van der Waals surface area (Å²) in [5.41, 5.74) is 0.778. The van der Waals surface area contributed by atoms with Crippen LogP contribution in [-0.2, 0) is 16.1 Å². The molecule has 0 spiro atoms. The normalized spacial score (nSPS) is 18.5. The van der Waals surface area contributed by atoms with Crippen molar-refractivity contribution in [2.75, 3.05) is 6.61 Å². The van der Waals surface area contributed by atoms with E-state index in [4.69, 9.17) is 9.84 Å². The molecule has 1 amide bonds. The molecule has 1 aliphatic rings. The molecule has 0 aromatic heterocycles. The van der Waals surface area contributed by atoms with E-state index >= 15 is 0 Å². The van der Waals surface area contributed by atoms with E-state index in [1.807, 2.05) is 0 Å². The van der Waals surface area contributed by atoms with E-state index in [0.717, 1.165) is 5.56 Å². The molecule has 1 aliphatic heterocycles. The molecule has 19 heavy (non-hydrogen) atoms. The van der Waals surface area contributed by atoms with E-state index in [1.54, 1.807) is 12.1 Å². The maximum absolute atomic E-state index is 12.8. The number of carbonyl (C=O) groups excluding carboxylic acids is 1. The van der Waals surface area contributed by atoms with Crippen LogP contribution in [0.3, 0.4) is 0 Å². The molecule has 2 rings (SSSR count). The molecule has 1 heterocycles. The molecule has 5 nitrogen and oxygen atoms in total. The van der Waals surface area contributed by atoms with Gasteiger partial charge in [-0.25, -0.2) is 9.18 Å². The summed E-state index contributed by atoms with van der Waals surface area (Å²) in [5.74, 6) is -1.24. The van der Waals surface area contributed by atoms with Crippen LogP contribution in [0.4, 0.5) is 9.18 Å². The third-order valence-corrected chi connectivity index (χ3v) is 3.03. The number of carboxylic acids is 1. The van der Waals surface area contributed by atoms with Gasteiger partial charge in [-0.1, -0.05) is 12.1 Å². The van der Waals surface area contributed by atoms with Crippen LogP contribution in [0, 0.1) is 5.82 Å². The SMILES string of the molecule is O=C(O)CCC1COC(=O)N1Cc1ccc(F)cc1. The van der Waals surface area contributed by atoms with E-state index in [9.17, 15) is 14.0 Å². The maximum atomic E-state index is 12.8. The number of amides is 1. The van der Waals surface area contributed by atoms with Gasteiger partial charge in [0.15, 0.2) is 0 Å². The fraction of sp³-hybridized carbons (Fsp3) is 0.385. The van der Waals surface area contributed by atoms with Gasteiger partial charge in [0.2, 0.25) is 0 Å². The summed E-state index contributed by atoms with van der Waals surface area (Å²) in [7, 11) is 0. The van der Waals surface area contributed by atoms with Crippen LogP contribution in [-0.4, -0.2) is 34.7 Å². The number of carbonyl (C=O) groups is 2. The first-order valence-electron chi connectivity index (χ1n) is 5.96. The van der Waals surface area contributed by atoms with Crippen molar-refractivity contribution in [2.24, 2.45) is 0 Å². The Labute approximate surface area is 109 Å². The molecule has 1 aromatic carbocycles. The van der Waals surface area contributed by atoms with Crippen molar-refractivity contribution in [2.45, 2.75) is 25.4 Å². The van der Waals surface area contributed by atoms with Gasteiger partial charge in [0, 0.05) is 13.0 Å². The second-order valence-electron chi connectivity index (χ2n) is 4.42. The summed E-state index contributed by atoms with van der Waals surface area (Å²) in [5, 5.41) is 8.66. The first kappa shape index (κ1) is 13.3. The standard InChI is InChI=1S/C13H14FNO4/c14-10-3-1-9(2-4-10)7-15-11(5-6-12(16)17)8-19-13(15)18/h1-4,11H,5-8H2,(H,16,17). The third kappa shape index (κ3) is 3.43. The monoisotopic (exact) mass is 267 g/mol. The first-order chi connectivity index (χ1) is 9.06. The summed E-state index contributed by atoms with van der Waals surface area (Å²) < 4.78 is 17.7. The minimum Gasteiger partial charge on any atom is -0.481 e. The third-order valence-electron chi connectivity index (χ3n) is 3.03. The number of cyclic esters (lactones) is 1. The second kappa shape index (κ2) is 5.69. The van der Waals surface area contributed by atoms with E-state index in [1.165, 1.54) is 17.0 Å². The molecule has 0 aliphatic carbocycles. The number of hydrogen-bond donors (Lipinski definition) is 1. The molecule has 0 bridgehead atoms. The lowest BCUT2D eigenvalue weighted by Gasteiger charge is -2.20. The molecule has 0 saturated carbocycles. The highest BCUT2D eigenvalue weighted by molar-refractivity contribution is 5.71. The van der Waals surface area contributed by atoms with Crippen LogP contribution in [0.2, 0.25) is 0 Å². The van der Waals surface area contributed by atoms with Crippen LogP contribution < -0.4 is 0 Å². The minimum absolute atomic E-state index is 0.0127. The van der Waals surface area contributed by atoms with Crippen molar-refractivity contribution >= 4 is 12.1 Å². The number of carboxylic acid groups (broad SMARTS) is 1. The molecule has 1 fully saturated rings. The highest BCUT2D eigenvalue weighted by Crippen LogP contribution is 2.20. The van der Waals surface area contributed by atoms with Crippen LogP contribution >= 0.6 is 0 Å². The fourth-order valence-corrected chi connectivity index (χ4v) is 2.00. The molecule has 6 heteroatoms. The molecule has 1 aromatic rings. The topological polar surface area (TPSA) is 66.8 Å².